The standard InChI is InChI=1S/C11H12ClN5OS/c1-6-2-3-7(12)4-8(6)14-9(18)5-19-11-15-10(13)16-17-11/h2-4H,5H2,1H3,(H,14,18)(H3,13,15,16,17). The van der Waals surface area contributed by atoms with Crippen LogP contribution in [-0.4, -0.2) is 26.8 Å². The summed E-state index contributed by atoms with van der Waals surface area (Å²) in [7, 11) is 0. The van der Waals surface area contributed by atoms with Gasteiger partial charge in [0.2, 0.25) is 17.0 Å². The molecule has 1 aromatic heterocycles. The highest BCUT2D eigenvalue weighted by atomic mass is 35.5. The molecule has 4 N–H and O–H groups in total. The number of hydrogen-bond acceptors (Lipinski definition) is 5. The van der Waals surface area contributed by atoms with E-state index in [2.05, 4.69) is 20.5 Å². The minimum atomic E-state index is -0.154. The highest BCUT2D eigenvalue weighted by molar-refractivity contribution is 7.99. The SMILES string of the molecule is Cc1ccc(Cl)cc1NC(=O)CSc1n[nH]c(N)n1. The summed E-state index contributed by atoms with van der Waals surface area (Å²) in [6, 6.07) is 5.34. The third-order valence-corrected chi connectivity index (χ3v) is 3.37. The summed E-state index contributed by atoms with van der Waals surface area (Å²) in [6.45, 7) is 1.90. The first kappa shape index (κ1) is 13.7. The molecular formula is C11H12ClN5OS. The fraction of sp³-hybridized carbons (Fsp3) is 0.182. The van der Waals surface area contributed by atoms with E-state index in [1.54, 1.807) is 12.1 Å². The number of hydrogen-bond donors (Lipinski definition) is 3. The summed E-state index contributed by atoms with van der Waals surface area (Å²) < 4.78 is 0. The molecule has 100 valence electrons. The molecule has 1 amide bonds. The molecular weight excluding hydrogens is 286 g/mol. The van der Waals surface area contributed by atoms with Crippen LogP contribution in [0.15, 0.2) is 23.4 Å². The predicted molar refractivity (Wildman–Crippen MR) is 76.3 cm³/mol. The molecule has 2 aromatic rings. The molecule has 0 unspecified atom stereocenters. The van der Waals surface area contributed by atoms with Crippen LogP contribution < -0.4 is 11.1 Å². The molecule has 0 saturated carbocycles. The first-order valence-corrected chi connectivity index (χ1v) is 6.77. The number of nitrogens with one attached hydrogen (secondary N) is 2. The quantitative estimate of drug-likeness (QED) is 0.751. The Morgan fingerprint density at radius 3 is 3.05 bits per heavy atom. The van der Waals surface area contributed by atoms with Gasteiger partial charge in [-0.05, 0) is 24.6 Å². The monoisotopic (exact) mass is 297 g/mol. The highest BCUT2D eigenvalue weighted by Crippen LogP contribution is 2.21. The zero-order valence-electron chi connectivity index (χ0n) is 10.1. The second-order valence-electron chi connectivity index (χ2n) is 3.80. The Morgan fingerprint density at radius 1 is 1.58 bits per heavy atom. The third kappa shape index (κ3) is 3.87. The molecule has 0 radical (unpaired) electrons. The molecule has 2 rings (SSSR count). The lowest BCUT2D eigenvalue weighted by molar-refractivity contribution is -0.113. The molecule has 19 heavy (non-hydrogen) atoms. The number of benzene rings is 1. The Kier molecular flexibility index (Phi) is 4.28. The van der Waals surface area contributed by atoms with Gasteiger partial charge in [-0.15, -0.1) is 5.10 Å². The van der Waals surface area contributed by atoms with E-state index in [4.69, 9.17) is 17.3 Å². The van der Waals surface area contributed by atoms with E-state index in [0.29, 0.717) is 15.9 Å². The van der Waals surface area contributed by atoms with Gasteiger partial charge in [0.15, 0.2) is 0 Å². The Morgan fingerprint density at radius 2 is 2.37 bits per heavy atom. The van der Waals surface area contributed by atoms with Gasteiger partial charge in [0.25, 0.3) is 0 Å². The van der Waals surface area contributed by atoms with Gasteiger partial charge in [0.1, 0.15) is 0 Å². The summed E-state index contributed by atoms with van der Waals surface area (Å²) in [5, 5.41) is 10.1. The lowest BCUT2D eigenvalue weighted by Gasteiger charge is -2.07. The Bertz CT molecular complexity index is 601. The van der Waals surface area contributed by atoms with Crippen molar-refractivity contribution in [1.82, 2.24) is 15.2 Å². The molecule has 0 aliphatic heterocycles. The van der Waals surface area contributed by atoms with Crippen molar-refractivity contribution in [3.8, 4) is 0 Å². The lowest BCUT2D eigenvalue weighted by atomic mass is 10.2. The van der Waals surface area contributed by atoms with E-state index in [0.717, 1.165) is 5.56 Å². The zero-order chi connectivity index (χ0) is 13.8. The van der Waals surface area contributed by atoms with Crippen molar-refractivity contribution in [2.75, 3.05) is 16.8 Å². The van der Waals surface area contributed by atoms with Gasteiger partial charge in [-0.3, -0.25) is 4.79 Å². The average Bonchev–Trinajstić information content (AvgIpc) is 2.77. The number of aromatic nitrogens is 3. The number of carbonyl (C=O) groups is 1. The zero-order valence-corrected chi connectivity index (χ0v) is 11.7. The van der Waals surface area contributed by atoms with Crippen LogP contribution in [0.3, 0.4) is 0 Å². The topological polar surface area (TPSA) is 96.7 Å². The molecule has 0 fully saturated rings. The van der Waals surface area contributed by atoms with Crippen molar-refractivity contribution in [3.63, 3.8) is 0 Å². The van der Waals surface area contributed by atoms with Crippen LogP contribution in [-0.2, 0) is 4.79 Å². The van der Waals surface area contributed by atoms with Gasteiger partial charge in [-0.2, -0.15) is 4.98 Å². The number of carbonyl (C=O) groups excluding carboxylic acids is 1. The van der Waals surface area contributed by atoms with Crippen LogP contribution >= 0.6 is 23.4 Å². The number of amides is 1. The first-order chi connectivity index (χ1) is 9.04. The van der Waals surface area contributed by atoms with Gasteiger partial charge in [-0.25, -0.2) is 5.10 Å². The number of nitrogens with zero attached hydrogens (tertiary/aromatic N) is 2. The van der Waals surface area contributed by atoms with Gasteiger partial charge in [0.05, 0.1) is 5.75 Å². The smallest absolute Gasteiger partial charge is 0.234 e. The number of anilines is 2. The van der Waals surface area contributed by atoms with Crippen molar-refractivity contribution in [2.24, 2.45) is 0 Å². The fourth-order valence-corrected chi connectivity index (χ4v) is 2.15. The van der Waals surface area contributed by atoms with E-state index in [9.17, 15) is 4.79 Å². The van der Waals surface area contributed by atoms with Crippen LogP contribution in [0.1, 0.15) is 5.56 Å². The van der Waals surface area contributed by atoms with Crippen molar-refractivity contribution in [2.45, 2.75) is 12.1 Å². The number of nitrogens with two attached hydrogens (primary N) is 1. The largest absolute Gasteiger partial charge is 0.368 e. The van der Waals surface area contributed by atoms with E-state index < -0.39 is 0 Å². The minimum Gasteiger partial charge on any atom is -0.368 e. The summed E-state index contributed by atoms with van der Waals surface area (Å²) in [6.07, 6.45) is 0. The average molecular weight is 298 g/mol. The molecule has 0 bridgehead atoms. The maximum atomic E-state index is 11.8. The Hall–Kier alpha value is -1.73. The first-order valence-electron chi connectivity index (χ1n) is 5.41. The maximum absolute atomic E-state index is 11.8. The van der Waals surface area contributed by atoms with Crippen LogP contribution in [0.5, 0.6) is 0 Å². The van der Waals surface area contributed by atoms with Crippen LogP contribution in [0.4, 0.5) is 11.6 Å². The Balaban J connectivity index is 1.92. The number of thioether (sulfide) groups is 1. The number of rotatable bonds is 4. The van der Waals surface area contributed by atoms with E-state index in [-0.39, 0.29) is 17.6 Å². The van der Waals surface area contributed by atoms with Crippen LogP contribution in [0.25, 0.3) is 0 Å². The number of nitrogen functional groups attached to an aromatic ring is 1. The molecule has 0 atom stereocenters. The number of halogens is 1. The van der Waals surface area contributed by atoms with Crippen molar-refractivity contribution < 1.29 is 4.79 Å². The molecule has 8 heteroatoms. The lowest BCUT2D eigenvalue weighted by Crippen LogP contribution is -2.14. The second-order valence-corrected chi connectivity index (χ2v) is 5.18. The van der Waals surface area contributed by atoms with E-state index >= 15 is 0 Å². The maximum Gasteiger partial charge on any atom is 0.234 e. The molecule has 1 aromatic carbocycles. The van der Waals surface area contributed by atoms with Crippen LogP contribution in [0.2, 0.25) is 5.02 Å². The fourth-order valence-electron chi connectivity index (χ4n) is 1.37. The number of aromatic amines is 1. The molecule has 1 heterocycles. The third-order valence-electron chi connectivity index (χ3n) is 2.29. The summed E-state index contributed by atoms with van der Waals surface area (Å²) >= 11 is 7.08. The molecule has 0 aliphatic carbocycles. The number of aryl methyl sites for hydroxylation is 1. The molecule has 0 saturated heterocycles. The van der Waals surface area contributed by atoms with Gasteiger partial charge in [-0.1, -0.05) is 29.4 Å². The normalized spacial score (nSPS) is 10.4. The van der Waals surface area contributed by atoms with E-state index in [1.807, 2.05) is 13.0 Å². The predicted octanol–water partition coefficient (Wildman–Crippen LogP) is 2.08. The van der Waals surface area contributed by atoms with Crippen molar-refractivity contribution in [1.29, 1.82) is 0 Å². The van der Waals surface area contributed by atoms with Gasteiger partial charge in [0, 0.05) is 10.7 Å². The summed E-state index contributed by atoms with van der Waals surface area (Å²) in [5.74, 6) is 0.274. The summed E-state index contributed by atoms with van der Waals surface area (Å²) in [5.41, 5.74) is 7.04. The van der Waals surface area contributed by atoms with Gasteiger partial charge < -0.3 is 11.1 Å². The van der Waals surface area contributed by atoms with Crippen molar-refractivity contribution >= 4 is 40.9 Å². The second kappa shape index (κ2) is 5.94. The number of H-pyrrole nitrogens is 1. The minimum absolute atomic E-state index is 0.154. The Labute approximate surface area is 119 Å². The highest BCUT2D eigenvalue weighted by Gasteiger charge is 2.08. The van der Waals surface area contributed by atoms with Gasteiger partial charge >= 0.3 is 0 Å². The van der Waals surface area contributed by atoms with Crippen LogP contribution in [0, 0.1) is 6.92 Å². The molecule has 0 spiro atoms. The summed E-state index contributed by atoms with van der Waals surface area (Å²) in [4.78, 5) is 15.7. The van der Waals surface area contributed by atoms with Crippen molar-refractivity contribution in [3.05, 3.63) is 28.8 Å². The molecule has 6 nitrogen and oxygen atoms in total. The van der Waals surface area contributed by atoms with E-state index in [1.165, 1.54) is 11.8 Å². The molecule has 0 aliphatic rings.